The molecule has 0 aliphatic heterocycles. The van der Waals surface area contributed by atoms with E-state index in [-0.39, 0.29) is 16.1 Å². The normalized spacial score (nSPS) is 11.3. The van der Waals surface area contributed by atoms with Gasteiger partial charge in [0.15, 0.2) is 0 Å². The molecule has 152 valence electrons. The molecule has 0 amide bonds. The first-order valence-corrected chi connectivity index (χ1v) is 10.9. The van der Waals surface area contributed by atoms with Crippen LogP contribution in [0.25, 0.3) is 0 Å². The zero-order chi connectivity index (χ0) is 20.9. The van der Waals surface area contributed by atoms with E-state index in [2.05, 4.69) is 11.6 Å². The number of hydrogen-bond donors (Lipinski definition) is 2. The van der Waals surface area contributed by atoms with E-state index in [1.54, 1.807) is 31.2 Å². The number of benzene rings is 2. The number of unbranched alkanes of at least 4 members (excludes halogenated alkanes) is 1. The predicted molar refractivity (Wildman–Crippen MR) is 113 cm³/mol. The number of carbonyl (C=O) groups is 1. The molecule has 0 aliphatic rings. The first-order valence-electron chi connectivity index (χ1n) is 9.42. The third kappa shape index (κ3) is 5.04. The van der Waals surface area contributed by atoms with E-state index in [1.807, 2.05) is 24.8 Å². The van der Waals surface area contributed by atoms with Crippen molar-refractivity contribution in [3.63, 3.8) is 0 Å². The molecule has 0 bridgehead atoms. The molecule has 6 nitrogen and oxygen atoms in total. The fraction of sp³-hybridized carbons (Fsp3) is 0.381. The number of aromatic carboxylic acids is 1. The Morgan fingerprint density at radius 1 is 1.11 bits per heavy atom. The smallest absolute Gasteiger partial charge is 0.337 e. The maximum Gasteiger partial charge on any atom is 0.337 e. The number of nitrogens with zero attached hydrogens (tertiary/aromatic N) is 1. The molecule has 0 saturated heterocycles. The van der Waals surface area contributed by atoms with Gasteiger partial charge in [-0.2, -0.15) is 0 Å². The Balaban J connectivity index is 2.40. The van der Waals surface area contributed by atoms with Gasteiger partial charge in [0, 0.05) is 18.8 Å². The first-order chi connectivity index (χ1) is 13.2. The monoisotopic (exact) mass is 404 g/mol. The number of aryl methyl sites for hydroxylation is 2. The first kappa shape index (κ1) is 21.8. The van der Waals surface area contributed by atoms with Crippen LogP contribution in [-0.2, 0) is 10.0 Å². The molecule has 0 aliphatic carbocycles. The van der Waals surface area contributed by atoms with Crippen molar-refractivity contribution in [3.8, 4) is 0 Å². The van der Waals surface area contributed by atoms with Gasteiger partial charge in [-0.25, -0.2) is 13.2 Å². The van der Waals surface area contributed by atoms with E-state index in [1.165, 1.54) is 6.07 Å². The Bertz CT molecular complexity index is 955. The Morgan fingerprint density at radius 2 is 1.82 bits per heavy atom. The van der Waals surface area contributed by atoms with E-state index in [0.29, 0.717) is 17.8 Å². The van der Waals surface area contributed by atoms with Crippen molar-refractivity contribution >= 4 is 27.4 Å². The molecule has 0 fully saturated rings. The summed E-state index contributed by atoms with van der Waals surface area (Å²) in [5.74, 6) is -1.09. The third-order valence-electron chi connectivity index (χ3n) is 4.62. The highest BCUT2D eigenvalue weighted by atomic mass is 32.2. The second-order valence-corrected chi connectivity index (χ2v) is 8.50. The minimum atomic E-state index is -3.82. The average molecular weight is 405 g/mol. The van der Waals surface area contributed by atoms with Gasteiger partial charge in [0.2, 0.25) is 0 Å². The molecular formula is C21H28N2O4S. The Labute approximate surface area is 167 Å². The van der Waals surface area contributed by atoms with Crippen LogP contribution in [0.5, 0.6) is 0 Å². The predicted octanol–water partition coefficient (Wildman–Crippen LogP) is 4.43. The van der Waals surface area contributed by atoms with Gasteiger partial charge in [0.25, 0.3) is 10.0 Å². The third-order valence-corrected chi connectivity index (χ3v) is 6.14. The van der Waals surface area contributed by atoms with Crippen LogP contribution in [0.2, 0.25) is 0 Å². The second-order valence-electron chi connectivity index (χ2n) is 6.84. The Morgan fingerprint density at radius 3 is 2.43 bits per heavy atom. The van der Waals surface area contributed by atoms with E-state index < -0.39 is 16.0 Å². The maximum atomic E-state index is 12.8. The lowest BCUT2D eigenvalue weighted by atomic mass is 10.1. The molecule has 0 aromatic heterocycles. The number of rotatable bonds is 9. The highest BCUT2D eigenvalue weighted by Crippen LogP contribution is 2.27. The lowest BCUT2D eigenvalue weighted by Crippen LogP contribution is -2.26. The zero-order valence-electron chi connectivity index (χ0n) is 16.8. The zero-order valence-corrected chi connectivity index (χ0v) is 17.6. The molecule has 28 heavy (non-hydrogen) atoms. The van der Waals surface area contributed by atoms with Crippen LogP contribution in [0.1, 0.15) is 48.2 Å². The quantitative estimate of drug-likeness (QED) is 0.646. The number of carboxylic acid groups (broad SMARTS) is 1. The standard InChI is InChI=1S/C21H28N2O4S/c1-5-7-12-23(6-2)19-11-10-17(14-18(19)21(24)25)22-28(26,27)20-13-15(3)8-9-16(20)4/h8-11,13-14,22H,5-7,12H2,1-4H3,(H,24,25). The van der Waals surface area contributed by atoms with Gasteiger partial charge in [-0.15, -0.1) is 0 Å². The van der Waals surface area contributed by atoms with Crippen LogP contribution in [0.3, 0.4) is 0 Å². The number of nitrogens with one attached hydrogen (secondary N) is 1. The van der Waals surface area contributed by atoms with Crippen molar-refractivity contribution in [1.29, 1.82) is 0 Å². The summed E-state index contributed by atoms with van der Waals surface area (Å²) in [5, 5.41) is 9.65. The van der Waals surface area contributed by atoms with Crippen molar-refractivity contribution in [2.45, 2.75) is 45.4 Å². The lowest BCUT2D eigenvalue weighted by molar-refractivity contribution is 0.0697. The highest BCUT2D eigenvalue weighted by molar-refractivity contribution is 7.92. The molecular weight excluding hydrogens is 376 g/mol. The van der Waals surface area contributed by atoms with Crippen LogP contribution >= 0.6 is 0 Å². The van der Waals surface area contributed by atoms with E-state index in [9.17, 15) is 18.3 Å². The molecule has 2 aromatic rings. The Hall–Kier alpha value is -2.54. The summed E-state index contributed by atoms with van der Waals surface area (Å²) in [5.41, 5.74) is 2.37. The van der Waals surface area contributed by atoms with E-state index >= 15 is 0 Å². The molecule has 0 heterocycles. The fourth-order valence-electron chi connectivity index (χ4n) is 3.05. The van der Waals surface area contributed by atoms with Crippen molar-refractivity contribution in [2.24, 2.45) is 0 Å². The SMILES string of the molecule is CCCCN(CC)c1ccc(NS(=O)(=O)c2cc(C)ccc2C)cc1C(=O)O. The second kappa shape index (κ2) is 9.10. The van der Waals surface area contributed by atoms with Crippen LogP contribution in [0.4, 0.5) is 11.4 Å². The van der Waals surface area contributed by atoms with Gasteiger partial charge in [0.05, 0.1) is 16.1 Å². The van der Waals surface area contributed by atoms with Crippen LogP contribution < -0.4 is 9.62 Å². The molecule has 0 saturated carbocycles. The molecule has 2 N–H and O–H groups in total. The van der Waals surface area contributed by atoms with Crippen LogP contribution in [0, 0.1) is 13.8 Å². The van der Waals surface area contributed by atoms with Gasteiger partial charge < -0.3 is 10.0 Å². The molecule has 0 spiro atoms. The Kier molecular flexibility index (Phi) is 7.07. The average Bonchev–Trinajstić information content (AvgIpc) is 2.64. The summed E-state index contributed by atoms with van der Waals surface area (Å²) >= 11 is 0. The maximum absolute atomic E-state index is 12.8. The van der Waals surface area contributed by atoms with Gasteiger partial charge in [-0.1, -0.05) is 25.5 Å². The number of sulfonamides is 1. The van der Waals surface area contributed by atoms with Gasteiger partial charge in [0.1, 0.15) is 0 Å². The summed E-state index contributed by atoms with van der Waals surface area (Å²) in [6.07, 6.45) is 1.96. The topological polar surface area (TPSA) is 86.7 Å². The lowest BCUT2D eigenvalue weighted by Gasteiger charge is -2.25. The summed E-state index contributed by atoms with van der Waals surface area (Å²) in [4.78, 5) is 14.0. The minimum absolute atomic E-state index is 0.0825. The minimum Gasteiger partial charge on any atom is -0.478 e. The van der Waals surface area contributed by atoms with Crippen LogP contribution in [0.15, 0.2) is 41.3 Å². The van der Waals surface area contributed by atoms with Crippen molar-refractivity contribution in [2.75, 3.05) is 22.7 Å². The van der Waals surface area contributed by atoms with Crippen molar-refractivity contribution in [1.82, 2.24) is 0 Å². The van der Waals surface area contributed by atoms with E-state index in [0.717, 1.165) is 24.9 Å². The summed E-state index contributed by atoms with van der Waals surface area (Å²) in [6, 6.07) is 9.87. The fourth-order valence-corrected chi connectivity index (χ4v) is 4.43. The largest absolute Gasteiger partial charge is 0.478 e. The highest BCUT2D eigenvalue weighted by Gasteiger charge is 2.20. The summed E-state index contributed by atoms with van der Waals surface area (Å²) in [6.45, 7) is 9.03. The molecule has 0 radical (unpaired) electrons. The molecule has 7 heteroatoms. The van der Waals surface area contributed by atoms with Crippen molar-refractivity contribution in [3.05, 3.63) is 53.1 Å². The number of anilines is 2. The number of hydrogen-bond acceptors (Lipinski definition) is 4. The molecule has 0 atom stereocenters. The van der Waals surface area contributed by atoms with Crippen molar-refractivity contribution < 1.29 is 18.3 Å². The van der Waals surface area contributed by atoms with Gasteiger partial charge in [-0.3, -0.25) is 4.72 Å². The van der Waals surface area contributed by atoms with Gasteiger partial charge in [-0.05, 0) is 62.6 Å². The van der Waals surface area contributed by atoms with Gasteiger partial charge >= 0.3 is 5.97 Å². The number of carboxylic acids is 1. The molecule has 2 aromatic carbocycles. The van der Waals surface area contributed by atoms with E-state index in [4.69, 9.17) is 0 Å². The van der Waals surface area contributed by atoms with Crippen LogP contribution in [-0.4, -0.2) is 32.6 Å². The molecule has 0 unspecified atom stereocenters. The summed E-state index contributed by atoms with van der Waals surface area (Å²) in [7, 11) is -3.82. The summed E-state index contributed by atoms with van der Waals surface area (Å²) < 4.78 is 28.1. The molecule has 2 rings (SSSR count).